The fraction of sp³-hybridized carbons (Fsp3) is 0.0385. The number of hydrogen-bond donors (Lipinski definition) is 0. The molecule has 0 atom stereocenters. The van der Waals surface area contributed by atoms with Crippen LogP contribution in [-0.4, -0.2) is 23.9 Å². The van der Waals surface area contributed by atoms with Gasteiger partial charge in [0, 0.05) is 16.1 Å². The molecule has 0 amide bonds. The summed E-state index contributed by atoms with van der Waals surface area (Å²) in [4.78, 5) is 14.6. The molecule has 144 valence electrons. The van der Waals surface area contributed by atoms with E-state index in [4.69, 9.17) is 26.6 Å². The maximum absolute atomic E-state index is 6.22. The predicted molar refractivity (Wildman–Crippen MR) is 126 cm³/mol. The molecule has 0 unspecified atom stereocenters. The Morgan fingerprint density at radius 1 is 0.567 bits per heavy atom. The molecular weight excluding hydrogens is 390 g/mol. The number of nitrogens with zero attached hydrogens (tertiary/aromatic N) is 3. The molecule has 0 saturated carbocycles. The molecule has 1 heterocycles. The molecule has 0 aromatic heterocycles. The van der Waals surface area contributed by atoms with Gasteiger partial charge in [0.2, 0.25) is 0 Å². The quantitative estimate of drug-likeness (QED) is 0.388. The van der Waals surface area contributed by atoms with E-state index in [1.807, 2.05) is 66.7 Å². The van der Waals surface area contributed by atoms with Gasteiger partial charge in [-0.15, -0.1) is 0 Å². The first-order valence-electron chi connectivity index (χ1n) is 9.77. The minimum Gasteiger partial charge on any atom is -0.260 e. The van der Waals surface area contributed by atoms with Gasteiger partial charge < -0.3 is 0 Å². The third-order valence-corrected chi connectivity index (χ3v) is 5.26. The summed E-state index contributed by atoms with van der Waals surface area (Å²) < 4.78 is 0. The van der Waals surface area contributed by atoms with Crippen molar-refractivity contribution < 1.29 is 0 Å². The summed E-state index contributed by atoms with van der Waals surface area (Å²) in [7, 11) is 0. The molecule has 30 heavy (non-hydrogen) atoms. The number of aliphatic imine (C=N–C) groups is 3. The number of hydrogen-bond acceptors (Lipinski definition) is 3. The number of halogens is 1. The zero-order chi connectivity index (χ0) is 20.3. The van der Waals surface area contributed by atoms with Crippen molar-refractivity contribution in [2.24, 2.45) is 15.0 Å². The lowest BCUT2D eigenvalue weighted by Gasteiger charge is -2.05. The van der Waals surface area contributed by atoms with E-state index < -0.39 is 0 Å². The average Bonchev–Trinajstić information content (AvgIpc) is 3.03. The second-order valence-electron chi connectivity index (χ2n) is 7.07. The minimum absolute atomic E-state index is 0.433. The molecule has 4 aromatic rings. The second kappa shape index (κ2) is 8.05. The molecule has 0 spiro atoms. The van der Waals surface area contributed by atoms with Crippen LogP contribution in [0, 0.1) is 0 Å². The number of benzene rings is 4. The molecule has 3 nitrogen and oxygen atoms in total. The van der Waals surface area contributed by atoms with Gasteiger partial charge in [-0.05, 0) is 34.5 Å². The van der Waals surface area contributed by atoms with E-state index >= 15 is 0 Å². The third kappa shape index (κ3) is 3.80. The molecule has 4 aromatic carbocycles. The normalized spacial score (nSPS) is 14.0. The van der Waals surface area contributed by atoms with Gasteiger partial charge in [0.1, 0.15) is 0 Å². The van der Waals surface area contributed by atoms with Crippen LogP contribution in [0.3, 0.4) is 0 Å². The first-order chi connectivity index (χ1) is 14.8. The largest absolute Gasteiger partial charge is 0.260 e. The van der Waals surface area contributed by atoms with Crippen molar-refractivity contribution >= 4 is 39.8 Å². The lowest BCUT2D eigenvalue weighted by molar-refractivity contribution is 1.28. The Kier molecular flexibility index (Phi) is 4.96. The molecule has 4 heteroatoms. The SMILES string of the molecule is Clc1cccc(C2=NC(c3ccccc3)=NC(c3ccc4ccccc4c3)=NC2)c1. The summed E-state index contributed by atoms with van der Waals surface area (Å²) in [5.41, 5.74) is 3.72. The number of fused-ring (bicyclic) bond motifs is 1. The lowest BCUT2D eigenvalue weighted by Crippen LogP contribution is -2.08. The summed E-state index contributed by atoms with van der Waals surface area (Å²) in [6.07, 6.45) is 0. The van der Waals surface area contributed by atoms with Crippen molar-refractivity contribution in [2.45, 2.75) is 0 Å². The smallest absolute Gasteiger partial charge is 0.161 e. The molecule has 0 radical (unpaired) electrons. The standard InChI is InChI=1S/C26H18ClN3/c27-23-12-6-11-21(16-23)24-17-28-25(30-26(29-24)19-8-2-1-3-9-19)22-14-13-18-7-4-5-10-20(18)15-22/h1-16H,17H2. The van der Waals surface area contributed by atoms with Gasteiger partial charge in [-0.2, -0.15) is 0 Å². The molecule has 5 rings (SSSR count). The Morgan fingerprint density at radius 2 is 1.33 bits per heavy atom. The summed E-state index contributed by atoms with van der Waals surface area (Å²) in [5, 5.41) is 3.03. The van der Waals surface area contributed by atoms with Crippen LogP contribution in [0.15, 0.2) is 112 Å². The third-order valence-electron chi connectivity index (χ3n) is 5.03. The summed E-state index contributed by atoms with van der Waals surface area (Å²) >= 11 is 6.22. The first-order valence-corrected chi connectivity index (χ1v) is 10.2. The fourth-order valence-electron chi connectivity index (χ4n) is 3.50. The molecule has 0 bridgehead atoms. The van der Waals surface area contributed by atoms with E-state index in [9.17, 15) is 0 Å². The molecular formula is C26H18ClN3. The molecule has 0 saturated heterocycles. The first kappa shape index (κ1) is 18.5. The summed E-state index contributed by atoms with van der Waals surface area (Å²) in [6, 6.07) is 32.3. The highest BCUT2D eigenvalue weighted by atomic mass is 35.5. The Hall–Kier alpha value is -3.56. The van der Waals surface area contributed by atoms with Crippen molar-refractivity contribution in [2.75, 3.05) is 6.54 Å². The van der Waals surface area contributed by atoms with Crippen LogP contribution in [0.1, 0.15) is 16.7 Å². The van der Waals surface area contributed by atoms with Crippen LogP contribution >= 0.6 is 11.6 Å². The predicted octanol–water partition coefficient (Wildman–Crippen LogP) is 6.19. The monoisotopic (exact) mass is 407 g/mol. The van der Waals surface area contributed by atoms with Gasteiger partial charge in [-0.1, -0.05) is 90.5 Å². The highest BCUT2D eigenvalue weighted by Crippen LogP contribution is 2.20. The van der Waals surface area contributed by atoms with Crippen LogP contribution in [0.25, 0.3) is 10.8 Å². The number of rotatable bonds is 3. The zero-order valence-electron chi connectivity index (χ0n) is 16.2. The van der Waals surface area contributed by atoms with Crippen molar-refractivity contribution in [3.8, 4) is 0 Å². The average molecular weight is 408 g/mol. The van der Waals surface area contributed by atoms with E-state index in [1.54, 1.807) is 0 Å². The molecule has 0 fully saturated rings. The molecule has 0 N–H and O–H groups in total. The van der Waals surface area contributed by atoms with Crippen molar-refractivity contribution in [3.05, 3.63) is 119 Å². The van der Waals surface area contributed by atoms with Crippen molar-refractivity contribution in [3.63, 3.8) is 0 Å². The minimum atomic E-state index is 0.433. The highest BCUT2D eigenvalue weighted by molar-refractivity contribution is 6.31. The van der Waals surface area contributed by atoms with Gasteiger partial charge in [-0.25, -0.2) is 9.98 Å². The Balaban J connectivity index is 1.63. The van der Waals surface area contributed by atoms with Gasteiger partial charge in [0.05, 0.1) is 12.3 Å². The number of amidine groups is 2. The molecule has 1 aliphatic rings. The van der Waals surface area contributed by atoms with Crippen LogP contribution in [0.4, 0.5) is 0 Å². The Morgan fingerprint density at radius 3 is 2.17 bits per heavy atom. The van der Waals surface area contributed by atoms with E-state index in [0.717, 1.165) is 27.8 Å². The zero-order valence-corrected chi connectivity index (χ0v) is 16.9. The maximum Gasteiger partial charge on any atom is 0.161 e. The molecule has 1 aliphatic heterocycles. The fourth-order valence-corrected chi connectivity index (χ4v) is 3.69. The summed E-state index contributed by atoms with van der Waals surface area (Å²) in [5.74, 6) is 1.33. The maximum atomic E-state index is 6.22. The van der Waals surface area contributed by atoms with Gasteiger partial charge in [0.15, 0.2) is 11.7 Å². The van der Waals surface area contributed by atoms with E-state index in [0.29, 0.717) is 23.2 Å². The van der Waals surface area contributed by atoms with Gasteiger partial charge in [-0.3, -0.25) is 4.99 Å². The Bertz CT molecular complexity index is 1320. The topological polar surface area (TPSA) is 37.1 Å². The van der Waals surface area contributed by atoms with Gasteiger partial charge >= 0.3 is 0 Å². The van der Waals surface area contributed by atoms with E-state index in [1.165, 1.54) is 5.39 Å². The highest BCUT2D eigenvalue weighted by Gasteiger charge is 2.15. The van der Waals surface area contributed by atoms with Crippen LogP contribution in [-0.2, 0) is 0 Å². The van der Waals surface area contributed by atoms with E-state index in [2.05, 4.69) is 30.3 Å². The second-order valence-corrected chi connectivity index (χ2v) is 7.51. The van der Waals surface area contributed by atoms with E-state index in [-0.39, 0.29) is 0 Å². The van der Waals surface area contributed by atoms with Crippen LogP contribution < -0.4 is 0 Å². The van der Waals surface area contributed by atoms with Crippen LogP contribution in [0.5, 0.6) is 0 Å². The lowest BCUT2D eigenvalue weighted by atomic mass is 10.1. The Labute approximate surface area is 180 Å². The van der Waals surface area contributed by atoms with Gasteiger partial charge in [0.25, 0.3) is 0 Å². The van der Waals surface area contributed by atoms with Crippen molar-refractivity contribution in [1.29, 1.82) is 0 Å². The van der Waals surface area contributed by atoms with Crippen LogP contribution in [0.2, 0.25) is 5.02 Å². The van der Waals surface area contributed by atoms with Crippen molar-refractivity contribution in [1.82, 2.24) is 0 Å². The summed E-state index contributed by atoms with van der Waals surface area (Å²) in [6.45, 7) is 0.433. The molecule has 0 aliphatic carbocycles.